The first-order chi connectivity index (χ1) is 9.99. The summed E-state index contributed by atoms with van der Waals surface area (Å²) >= 11 is 0. The standard InChI is InChI=1S/C19H24O2/c1-13(2)16-8-10-17(11-9-16)18(20)12-21-19-14(3)6-5-7-15(19)4/h5-11,13,18,20H,12H2,1-4H3. The molecule has 0 spiro atoms. The highest BCUT2D eigenvalue weighted by Gasteiger charge is 2.11. The maximum absolute atomic E-state index is 10.3. The molecule has 0 saturated heterocycles. The SMILES string of the molecule is Cc1cccc(C)c1OCC(O)c1ccc(C(C)C)cc1. The first-order valence-electron chi connectivity index (χ1n) is 7.46. The van der Waals surface area contributed by atoms with Gasteiger partial charge in [0.2, 0.25) is 0 Å². The summed E-state index contributed by atoms with van der Waals surface area (Å²) in [5, 5.41) is 10.3. The number of benzene rings is 2. The molecule has 2 nitrogen and oxygen atoms in total. The average molecular weight is 284 g/mol. The van der Waals surface area contributed by atoms with Crippen molar-refractivity contribution in [2.45, 2.75) is 39.7 Å². The minimum Gasteiger partial charge on any atom is -0.490 e. The zero-order valence-electron chi connectivity index (χ0n) is 13.3. The van der Waals surface area contributed by atoms with Crippen LogP contribution in [0, 0.1) is 13.8 Å². The van der Waals surface area contributed by atoms with E-state index in [4.69, 9.17) is 4.74 Å². The molecule has 0 fully saturated rings. The van der Waals surface area contributed by atoms with E-state index < -0.39 is 6.10 Å². The van der Waals surface area contributed by atoms with E-state index in [1.165, 1.54) is 5.56 Å². The van der Waals surface area contributed by atoms with E-state index in [-0.39, 0.29) is 6.61 Å². The van der Waals surface area contributed by atoms with Crippen LogP contribution in [0.2, 0.25) is 0 Å². The smallest absolute Gasteiger partial charge is 0.125 e. The molecule has 0 aliphatic carbocycles. The Morgan fingerprint density at radius 2 is 1.43 bits per heavy atom. The van der Waals surface area contributed by atoms with Crippen LogP contribution in [0.15, 0.2) is 42.5 Å². The molecule has 0 saturated carbocycles. The zero-order chi connectivity index (χ0) is 15.4. The minimum absolute atomic E-state index is 0.271. The Hall–Kier alpha value is -1.80. The lowest BCUT2D eigenvalue weighted by Gasteiger charge is -2.16. The molecular weight excluding hydrogens is 260 g/mol. The minimum atomic E-state index is -0.606. The van der Waals surface area contributed by atoms with E-state index >= 15 is 0 Å². The Kier molecular flexibility index (Phi) is 5.03. The highest BCUT2D eigenvalue weighted by Crippen LogP contribution is 2.24. The number of hydrogen-bond acceptors (Lipinski definition) is 2. The van der Waals surface area contributed by atoms with E-state index in [0.29, 0.717) is 5.92 Å². The molecule has 1 atom stereocenters. The maximum atomic E-state index is 10.3. The molecule has 0 heterocycles. The van der Waals surface area contributed by atoms with Gasteiger partial charge in [-0.05, 0) is 42.0 Å². The van der Waals surface area contributed by atoms with Crippen LogP contribution in [0.5, 0.6) is 5.75 Å². The van der Waals surface area contributed by atoms with Crippen LogP contribution in [-0.4, -0.2) is 11.7 Å². The van der Waals surface area contributed by atoms with Crippen molar-refractivity contribution in [1.29, 1.82) is 0 Å². The van der Waals surface area contributed by atoms with Crippen LogP contribution < -0.4 is 4.74 Å². The number of aliphatic hydroxyl groups excluding tert-OH is 1. The first-order valence-corrected chi connectivity index (χ1v) is 7.46. The second-order valence-corrected chi connectivity index (χ2v) is 5.87. The number of aryl methyl sites for hydroxylation is 2. The highest BCUT2D eigenvalue weighted by molar-refractivity contribution is 5.39. The van der Waals surface area contributed by atoms with Crippen LogP contribution in [0.1, 0.15) is 48.1 Å². The second-order valence-electron chi connectivity index (χ2n) is 5.87. The number of ether oxygens (including phenoxy) is 1. The molecule has 0 radical (unpaired) electrons. The molecule has 21 heavy (non-hydrogen) atoms. The molecule has 0 bridgehead atoms. The third kappa shape index (κ3) is 3.85. The predicted octanol–water partition coefficient (Wildman–Crippen LogP) is 4.54. The van der Waals surface area contributed by atoms with Gasteiger partial charge in [-0.2, -0.15) is 0 Å². The van der Waals surface area contributed by atoms with Gasteiger partial charge in [0, 0.05) is 0 Å². The lowest BCUT2D eigenvalue weighted by molar-refractivity contribution is 0.107. The summed E-state index contributed by atoms with van der Waals surface area (Å²) in [6.07, 6.45) is -0.606. The largest absolute Gasteiger partial charge is 0.490 e. The average Bonchev–Trinajstić information content (AvgIpc) is 2.46. The first kappa shape index (κ1) is 15.6. The normalized spacial score (nSPS) is 12.5. The molecule has 2 rings (SSSR count). The van der Waals surface area contributed by atoms with E-state index in [9.17, 15) is 5.11 Å². The fourth-order valence-electron chi connectivity index (χ4n) is 2.39. The summed E-state index contributed by atoms with van der Waals surface area (Å²) < 4.78 is 5.81. The summed E-state index contributed by atoms with van der Waals surface area (Å²) in [6.45, 7) is 8.63. The fraction of sp³-hybridized carbons (Fsp3) is 0.368. The molecule has 2 aromatic carbocycles. The quantitative estimate of drug-likeness (QED) is 0.873. The van der Waals surface area contributed by atoms with Gasteiger partial charge in [-0.3, -0.25) is 0 Å². The second kappa shape index (κ2) is 6.77. The molecule has 0 aliphatic heterocycles. The van der Waals surface area contributed by atoms with Crippen molar-refractivity contribution in [3.8, 4) is 5.75 Å². The van der Waals surface area contributed by atoms with Gasteiger partial charge in [0.25, 0.3) is 0 Å². The lowest BCUT2D eigenvalue weighted by Crippen LogP contribution is -2.11. The summed E-state index contributed by atoms with van der Waals surface area (Å²) in [5.74, 6) is 1.37. The van der Waals surface area contributed by atoms with Gasteiger partial charge >= 0.3 is 0 Å². The third-order valence-electron chi connectivity index (χ3n) is 3.78. The van der Waals surface area contributed by atoms with E-state index in [1.54, 1.807) is 0 Å². The van der Waals surface area contributed by atoms with Crippen molar-refractivity contribution in [3.63, 3.8) is 0 Å². The molecule has 2 heteroatoms. The van der Waals surface area contributed by atoms with E-state index in [2.05, 4.69) is 26.0 Å². The van der Waals surface area contributed by atoms with Crippen LogP contribution in [0.3, 0.4) is 0 Å². The summed E-state index contributed by atoms with van der Waals surface area (Å²) in [7, 11) is 0. The van der Waals surface area contributed by atoms with Crippen LogP contribution in [-0.2, 0) is 0 Å². The molecule has 1 unspecified atom stereocenters. The lowest BCUT2D eigenvalue weighted by atomic mass is 10.0. The Morgan fingerprint density at radius 3 is 1.95 bits per heavy atom. The Balaban J connectivity index is 2.03. The van der Waals surface area contributed by atoms with Gasteiger partial charge in [-0.1, -0.05) is 56.3 Å². The fourth-order valence-corrected chi connectivity index (χ4v) is 2.39. The van der Waals surface area contributed by atoms with Crippen molar-refractivity contribution < 1.29 is 9.84 Å². The zero-order valence-corrected chi connectivity index (χ0v) is 13.3. The molecule has 0 aromatic heterocycles. The third-order valence-corrected chi connectivity index (χ3v) is 3.78. The van der Waals surface area contributed by atoms with Gasteiger partial charge in [-0.15, -0.1) is 0 Å². The highest BCUT2D eigenvalue weighted by atomic mass is 16.5. The van der Waals surface area contributed by atoms with Gasteiger partial charge < -0.3 is 9.84 Å². The number of para-hydroxylation sites is 1. The van der Waals surface area contributed by atoms with Crippen molar-refractivity contribution in [2.24, 2.45) is 0 Å². The van der Waals surface area contributed by atoms with Crippen molar-refractivity contribution in [2.75, 3.05) is 6.61 Å². The van der Waals surface area contributed by atoms with Gasteiger partial charge in [0.1, 0.15) is 18.5 Å². The van der Waals surface area contributed by atoms with Crippen molar-refractivity contribution >= 4 is 0 Å². The molecule has 1 N–H and O–H groups in total. The molecule has 2 aromatic rings. The topological polar surface area (TPSA) is 29.5 Å². The van der Waals surface area contributed by atoms with Gasteiger partial charge in [-0.25, -0.2) is 0 Å². The molecule has 112 valence electrons. The van der Waals surface area contributed by atoms with Crippen molar-refractivity contribution in [1.82, 2.24) is 0 Å². The summed E-state index contributed by atoms with van der Waals surface area (Å²) in [5.41, 5.74) is 4.36. The van der Waals surface area contributed by atoms with Crippen LogP contribution >= 0.6 is 0 Å². The van der Waals surface area contributed by atoms with Gasteiger partial charge in [0.05, 0.1) is 0 Å². The summed E-state index contributed by atoms with van der Waals surface area (Å²) in [6, 6.07) is 14.2. The predicted molar refractivity (Wildman–Crippen MR) is 86.9 cm³/mol. The number of hydrogen-bond donors (Lipinski definition) is 1. The molecule has 0 aliphatic rings. The van der Waals surface area contributed by atoms with Crippen LogP contribution in [0.4, 0.5) is 0 Å². The monoisotopic (exact) mass is 284 g/mol. The molecule has 0 amide bonds. The Bertz CT molecular complexity index is 565. The van der Waals surface area contributed by atoms with Crippen molar-refractivity contribution in [3.05, 3.63) is 64.7 Å². The van der Waals surface area contributed by atoms with Gasteiger partial charge in [0.15, 0.2) is 0 Å². The van der Waals surface area contributed by atoms with E-state index in [0.717, 1.165) is 22.4 Å². The number of rotatable bonds is 5. The Labute approximate surface area is 127 Å². The number of aliphatic hydroxyl groups is 1. The van der Waals surface area contributed by atoms with E-state index in [1.807, 2.05) is 44.2 Å². The maximum Gasteiger partial charge on any atom is 0.125 e. The van der Waals surface area contributed by atoms with Crippen LogP contribution in [0.25, 0.3) is 0 Å². The Morgan fingerprint density at radius 1 is 0.905 bits per heavy atom. The molecular formula is C19H24O2. The summed E-state index contributed by atoms with van der Waals surface area (Å²) in [4.78, 5) is 0.